The van der Waals surface area contributed by atoms with Gasteiger partial charge in [0, 0.05) is 11.3 Å². The first-order valence-corrected chi connectivity index (χ1v) is 9.01. The lowest BCUT2D eigenvalue weighted by Crippen LogP contribution is -2.67. The summed E-state index contributed by atoms with van der Waals surface area (Å²) in [5, 5.41) is 3.43. The Morgan fingerprint density at radius 3 is 2.69 bits per heavy atom. The Labute approximate surface area is 153 Å². The standard InChI is InChI=1S/C22H22N2O2/c1-3-20(25)18-8-6-14-23-22(18)21(26)17-7-4-5-9-19(17)24(22)16-12-10-15(2)11-13-16/h3-5,7,9-13,18,23H,1,6,8,14H2,2H3. The van der Waals surface area contributed by atoms with Gasteiger partial charge < -0.3 is 4.90 Å². The van der Waals surface area contributed by atoms with Crippen LogP contribution >= 0.6 is 0 Å². The SMILES string of the molecule is C=CC(=O)C1CCCNC12C(=O)c1ccccc1N2c1ccc(C)cc1. The van der Waals surface area contributed by atoms with E-state index in [1.54, 1.807) is 0 Å². The molecule has 0 saturated carbocycles. The van der Waals surface area contributed by atoms with Gasteiger partial charge in [0.2, 0.25) is 5.78 Å². The minimum Gasteiger partial charge on any atom is -0.314 e. The zero-order valence-electron chi connectivity index (χ0n) is 14.9. The third-order valence-electron chi connectivity index (χ3n) is 5.49. The van der Waals surface area contributed by atoms with Crippen molar-refractivity contribution in [1.29, 1.82) is 0 Å². The lowest BCUT2D eigenvalue weighted by molar-refractivity contribution is -0.121. The summed E-state index contributed by atoms with van der Waals surface area (Å²) in [7, 11) is 0. The lowest BCUT2D eigenvalue weighted by atomic mass is 9.78. The molecule has 26 heavy (non-hydrogen) atoms. The summed E-state index contributed by atoms with van der Waals surface area (Å²) >= 11 is 0. The summed E-state index contributed by atoms with van der Waals surface area (Å²) in [5.74, 6) is -0.584. The van der Waals surface area contributed by atoms with E-state index in [0.717, 1.165) is 23.4 Å². The number of ketones is 2. The second-order valence-corrected chi connectivity index (χ2v) is 7.01. The third kappa shape index (κ3) is 2.26. The van der Waals surface area contributed by atoms with Gasteiger partial charge in [-0.05, 0) is 56.7 Å². The minimum absolute atomic E-state index is 0.0337. The van der Waals surface area contributed by atoms with Crippen LogP contribution < -0.4 is 10.2 Å². The molecule has 2 heterocycles. The Balaban J connectivity index is 1.96. The molecule has 2 aliphatic rings. The predicted molar refractivity (Wildman–Crippen MR) is 103 cm³/mol. The molecule has 2 aliphatic heterocycles. The van der Waals surface area contributed by atoms with Gasteiger partial charge in [0.15, 0.2) is 11.4 Å². The van der Waals surface area contributed by atoms with Crippen molar-refractivity contribution in [2.75, 3.05) is 11.4 Å². The molecule has 0 bridgehead atoms. The number of fused-ring (bicyclic) bond motifs is 1. The number of piperidine rings is 1. The number of Topliss-reactive ketones (excluding diaryl/α,β-unsaturated/α-hetero) is 1. The number of hydrogen-bond acceptors (Lipinski definition) is 4. The molecule has 1 N–H and O–H groups in total. The fraction of sp³-hybridized carbons (Fsp3) is 0.273. The fourth-order valence-corrected chi connectivity index (χ4v) is 4.28. The Morgan fingerprint density at radius 2 is 1.96 bits per heavy atom. The molecule has 1 saturated heterocycles. The first-order chi connectivity index (χ1) is 12.6. The van der Waals surface area contributed by atoms with Gasteiger partial charge in [-0.15, -0.1) is 0 Å². The minimum atomic E-state index is -1.08. The topological polar surface area (TPSA) is 49.4 Å². The van der Waals surface area contributed by atoms with Crippen LogP contribution in [0.5, 0.6) is 0 Å². The van der Waals surface area contributed by atoms with Crippen LogP contribution in [0.3, 0.4) is 0 Å². The summed E-state index contributed by atoms with van der Waals surface area (Å²) in [6.07, 6.45) is 2.88. The van der Waals surface area contributed by atoms with Crippen molar-refractivity contribution in [2.24, 2.45) is 5.92 Å². The summed E-state index contributed by atoms with van der Waals surface area (Å²) in [5.41, 5.74) is 2.48. The third-order valence-corrected chi connectivity index (χ3v) is 5.49. The zero-order chi connectivity index (χ0) is 18.3. The molecular formula is C22H22N2O2. The number of carbonyl (C=O) groups is 2. The fourth-order valence-electron chi connectivity index (χ4n) is 4.28. The summed E-state index contributed by atoms with van der Waals surface area (Å²) < 4.78 is 0. The zero-order valence-corrected chi connectivity index (χ0v) is 14.9. The maximum Gasteiger partial charge on any atom is 0.206 e. The molecule has 2 atom stereocenters. The Bertz CT molecular complexity index is 887. The average molecular weight is 346 g/mol. The smallest absolute Gasteiger partial charge is 0.206 e. The van der Waals surface area contributed by atoms with Gasteiger partial charge in [-0.2, -0.15) is 0 Å². The largest absolute Gasteiger partial charge is 0.314 e. The van der Waals surface area contributed by atoms with Gasteiger partial charge in [0.1, 0.15) is 0 Å². The van der Waals surface area contributed by atoms with Crippen molar-refractivity contribution in [3.8, 4) is 0 Å². The normalized spacial score (nSPS) is 24.6. The lowest BCUT2D eigenvalue weighted by Gasteiger charge is -2.46. The maximum absolute atomic E-state index is 13.6. The number of carbonyl (C=O) groups excluding carboxylic acids is 2. The highest BCUT2D eigenvalue weighted by atomic mass is 16.1. The van der Waals surface area contributed by atoms with Crippen LogP contribution in [-0.4, -0.2) is 23.8 Å². The van der Waals surface area contributed by atoms with Gasteiger partial charge in [0.25, 0.3) is 0 Å². The number of benzene rings is 2. The van der Waals surface area contributed by atoms with Crippen LogP contribution in [0.2, 0.25) is 0 Å². The highest BCUT2D eigenvalue weighted by Gasteiger charge is 2.59. The van der Waals surface area contributed by atoms with Crippen LogP contribution in [-0.2, 0) is 4.79 Å². The highest BCUT2D eigenvalue weighted by molar-refractivity contribution is 6.18. The maximum atomic E-state index is 13.6. The van der Waals surface area contributed by atoms with Crippen LogP contribution in [0, 0.1) is 12.8 Å². The van der Waals surface area contributed by atoms with E-state index in [1.807, 2.05) is 60.4 Å². The van der Waals surface area contributed by atoms with E-state index in [1.165, 1.54) is 6.08 Å². The summed E-state index contributed by atoms with van der Waals surface area (Å²) in [6.45, 7) is 6.40. The molecule has 2 aromatic carbocycles. The van der Waals surface area contributed by atoms with Crippen molar-refractivity contribution in [3.63, 3.8) is 0 Å². The van der Waals surface area contributed by atoms with E-state index >= 15 is 0 Å². The van der Waals surface area contributed by atoms with E-state index in [4.69, 9.17) is 0 Å². The number of hydrogen-bond donors (Lipinski definition) is 1. The van der Waals surface area contributed by atoms with Crippen molar-refractivity contribution in [2.45, 2.75) is 25.4 Å². The molecule has 4 nitrogen and oxygen atoms in total. The second kappa shape index (κ2) is 6.22. The molecule has 1 fully saturated rings. The first-order valence-electron chi connectivity index (χ1n) is 9.01. The molecule has 2 unspecified atom stereocenters. The van der Waals surface area contributed by atoms with Crippen molar-refractivity contribution < 1.29 is 9.59 Å². The molecule has 4 heteroatoms. The number of nitrogens with zero attached hydrogens (tertiary/aromatic N) is 1. The van der Waals surface area contributed by atoms with Gasteiger partial charge in [-0.25, -0.2) is 0 Å². The number of nitrogens with one attached hydrogen (secondary N) is 1. The van der Waals surface area contributed by atoms with Gasteiger partial charge in [-0.3, -0.25) is 14.9 Å². The summed E-state index contributed by atoms with van der Waals surface area (Å²) in [4.78, 5) is 28.3. The number of aryl methyl sites for hydroxylation is 1. The van der Waals surface area contributed by atoms with Gasteiger partial charge in [0.05, 0.1) is 11.6 Å². The Morgan fingerprint density at radius 1 is 1.23 bits per heavy atom. The van der Waals surface area contributed by atoms with Crippen LogP contribution in [0.1, 0.15) is 28.8 Å². The van der Waals surface area contributed by atoms with Crippen LogP contribution in [0.25, 0.3) is 0 Å². The van der Waals surface area contributed by atoms with E-state index < -0.39 is 11.6 Å². The monoisotopic (exact) mass is 346 g/mol. The number of anilines is 2. The predicted octanol–water partition coefficient (Wildman–Crippen LogP) is 3.78. The molecule has 132 valence electrons. The van der Waals surface area contributed by atoms with E-state index in [9.17, 15) is 9.59 Å². The number of allylic oxidation sites excluding steroid dienone is 1. The number of para-hydroxylation sites is 1. The Kier molecular flexibility index (Phi) is 4.00. The molecule has 0 amide bonds. The van der Waals surface area contributed by atoms with E-state index in [2.05, 4.69) is 11.9 Å². The summed E-state index contributed by atoms with van der Waals surface area (Å²) in [6, 6.07) is 15.7. The van der Waals surface area contributed by atoms with Crippen LogP contribution in [0.4, 0.5) is 11.4 Å². The van der Waals surface area contributed by atoms with Gasteiger partial charge in [-0.1, -0.05) is 36.4 Å². The van der Waals surface area contributed by atoms with Crippen molar-refractivity contribution >= 4 is 22.9 Å². The van der Waals surface area contributed by atoms with Crippen molar-refractivity contribution in [1.82, 2.24) is 5.32 Å². The Hall–Kier alpha value is -2.72. The molecule has 0 aliphatic carbocycles. The second-order valence-electron chi connectivity index (χ2n) is 7.01. The molecule has 1 spiro atoms. The van der Waals surface area contributed by atoms with E-state index in [-0.39, 0.29) is 11.6 Å². The van der Waals surface area contributed by atoms with Gasteiger partial charge >= 0.3 is 0 Å². The highest BCUT2D eigenvalue weighted by Crippen LogP contribution is 2.48. The average Bonchev–Trinajstić information content (AvgIpc) is 2.92. The van der Waals surface area contributed by atoms with Crippen LogP contribution in [0.15, 0.2) is 61.2 Å². The molecule has 0 aromatic heterocycles. The van der Waals surface area contributed by atoms with Crippen molar-refractivity contribution in [3.05, 3.63) is 72.3 Å². The van der Waals surface area contributed by atoms with E-state index in [0.29, 0.717) is 18.5 Å². The molecule has 2 aromatic rings. The number of rotatable bonds is 3. The molecule has 4 rings (SSSR count). The quantitative estimate of drug-likeness (QED) is 0.859. The molecule has 0 radical (unpaired) electrons. The first kappa shape index (κ1) is 16.7. The molecular weight excluding hydrogens is 324 g/mol.